The van der Waals surface area contributed by atoms with Gasteiger partial charge in [-0.1, -0.05) is 28.1 Å². The average Bonchev–Trinajstić information content (AvgIpc) is 2.35. The molecule has 0 radical (unpaired) electrons. The SMILES string of the molecule is COC(=O)/C(CC(=O)O)=C(\C)c1ccc(Br)cc1. The van der Waals surface area contributed by atoms with Crippen molar-refractivity contribution in [1.82, 2.24) is 0 Å². The first kappa shape index (κ1) is 14.4. The highest BCUT2D eigenvalue weighted by molar-refractivity contribution is 9.10. The fraction of sp³-hybridized carbons (Fsp3) is 0.231. The maximum Gasteiger partial charge on any atom is 0.334 e. The molecule has 0 aromatic heterocycles. The third-order valence-electron chi connectivity index (χ3n) is 2.49. The van der Waals surface area contributed by atoms with Crippen molar-refractivity contribution in [3.63, 3.8) is 0 Å². The first-order valence-electron chi connectivity index (χ1n) is 5.21. The first-order valence-corrected chi connectivity index (χ1v) is 6.00. The summed E-state index contributed by atoms with van der Waals surface area (Å²) in [5, 5.41) is 8.82. The summed E-state index contributed by atoms with van der Waals surface area (Å²) in [5.41, 5.74) is 1.56. The van der Waals surface area contributed by atoms with E-state index in [1.165, 1.54) is 7.11 Å². The molecule has 4 nitrogen and oxygen atoms in total. The Bertz CT molecular complexity index is 488. The van der Waals surface area contributed by atoms with Gasteiger partial charge in [0.05, 0.1) is 19.1 Å². The van der Waals surface area contributed by atoms with E-state index < -0.39 is 11.9 Å². The van der Waals surface area contributed by atoms with E-state index in [9.17, 15) is 9.59 Å². The number of aliphatic carboxylic acids is 1. The third-order valence-corrected chi connectivity index (χ3v) is 3.02. The lowest BCUT2D eigenvalue weighted by atomic mass is 9.99. The molecule has 96 valence electrons. The number of carboxylic acids is 1. The van der Waals surface area contributed by atoms with Gasteiger partial charge in [0.15, 0.2) is 0 Å². The lowest BCUT2D eigenvalue weighted by Crippen LogP contribution is -2.11. The van der Waals surface area contributed by atoms with Gasteiger partial charge in [0, 0.05) is 4.47 Å². The van der Waals surface area contributed by atoms with E-state index in [1.54, 1.807) is 6.92 Å². The summed E-state index contributed by atoms with van der Waals surface area (Å²) < 4.78 is 5.52. The van der Waals surface area contributed by atoms with Crippen LogP contribution in [-0.4, -0.2) is 24.2 Å². The highest BCUT2D eigenvalue weighted by Crippen LogP contribution is 2.23. The molecular formula is C13H13BrO4. The highest BCUT2D eigenvalue weighted by atomic mass is 79.9. The van der Waals surface area contributed by atoms with Gasteiger partial charge in [-0.05, 0) is 30.2 Å². The van der Waals surface area contributed by atoms with Gasteiger partial charge in [-0.15, -0.1) is 0 Å². The third kappa shape index (κ3) is 3.70. The topological polar surface area (TPSA) is 63.6 Å². The van der Waals surface area contributed by atoms with Crippen molar-refractivity contribution < 1.29 is 19.4 Å². The smallest absolute Gasteiger partial charge is 0.334 e. The summed E-state index contributed by atoms with van der Waals surface area (Å²) in [7, 11) is 1.24. The number of allylic oxidation sites excluding steroid dienone is 1. The van der Waals surface area contributed by atoms with E-state index in [0.29, 0.717) is 5.57 Å². The summed E-state index contributed by atoms with van der Waals surface area (Å²) in [4.78, 5) is 22.3. The minimum Gasteiger partial charge on any atom is -0.481 e. The molecule has 1 N–H and O–H groups in total. The minimum absolute atomic E-state index is 0.160. The number of carbonyl (C=O) groups excluding carboxylic acids is 1. The molecule has 0 aliphatic rings. The molecule has 0 saturated heterocycles. The number of hydrogen-bond donors (Lipinski definition) is 1. The van der Waals surface area contributed by atoms with Crippen LogP contribution >= 0.6 is 15.9 Å². The second kappa shape index (κ2) is 6.35. The fourth-order valence-corrected chi connectivity index (χ4v) is 1.77. The number of ether oxygens (including phenoxy) is 1. The molecule has 1 aromatic carbocycles. The van der Waals surface area contributed by atoms with Crippen LogP contribution in [0.2, 0.25) is 0 Å². The van der Waals surface area contributed by atoms with Gasteiger partial charge >= 0.3 is 11.9 Å². The molecule has 0 bridgehead atoms. The normalized spacial score (nSPS) is 11.7. The Balaban J connectivity index is 3.21. The van der Waals surface area contributed by atoms with E-state index in [0.717, 1.165) is 10.0 Å². The lowest BCUT2D eigenvalue weighted by Gasteiger charge is -2.09. The number of rotatable bonds is 4. The largest absolute Gasteiger partial charge is 0.481 e. The first-order chi connectivity index (χ1) is 8.45. The number of esters is 1. The second-order valence-corrected chi connectivity index (χ2v) is 4.59. The Morgan fingerprint density at radius 2 is 1.83 bits per heavy atom. The molecule has 0 atom stereocenters. The quantitative estimate of drug-likeness (QED) is 0.686. The Morgan fingerprint density at radius 3 is 2.28 bits per heavy atom. The molecule has 1 rings (SSSR count). The lowest BCUT2D eigenvalue weighted by molar-refractivity contribution is -0.141. The van der Waals surface area contributed by atoms with Crippen LogP contribution in [-0.2, 0) is 14.3 Å². The van der Waals surface area contributed by atoms with Crippen molar-refractivity contribution in [2.75, 3.05) is 7.11 Å². The van der Waals surface area contributed by atoms with Gasteiger partial charge in [0.25, 0.3) is 0 Å². The van der Waals surface area contributed by atoms with E-state index in [2.05, 4.69) is 20.7 Å². The summed E-state index contributed by atoms with van der Waals surface area (Å²) >= 11 is 3.31. The minimum atomic E-state index is -1.06. The van der Waals surface area contributed by atoms with Crippen LogP contribution in [0.4, 0.5) is 0 Å². The molecule has 0 amide bonds. The zero-order valence-electron chi connectivity index (χ0n) is 10.1. The van der Waals surface area contributed by atoms with Crippen LogP contribution in [0.5, 0.6) is 0 Å². The van der Waals surface area contributed by atoms with Gasteiger partial charge in [-0.3, -0.25) is 4.79 Å². The van der Waals surface area contributed by atoms with Crippen molar-refractivity contribution in [1.29, 1.82) is 0 Å². The molecule has 0 aliphatic carbocycles. The molecule has 0 aliphatic heterocycles. The van der Waals surface area contributed by atoms with Crippen molar-refractivity contribution in [3.05, 3.63) is 39.9 Å². The van der Waals surface area contributed by atoms with Crippen molar-refractivity contribution in [3.8, 4) is 0 Å². The Kier molecular flexibility index (Phi) is 5.09. The molecule has 0 fully saturated rings. The Morgan fingerprint density at radius 1 is 1.28 bits per heavy atom. The summed E-state index contributed by atoms with van der Waals surface area (Å²) in [6, 6.07) is 7.28. The molecule has 0 heterocycles. The maximum absolute atomic E-state index is 11.6. The molecular weight excluding hydrogens is 300 g/mol. The van der Waals surface area contributed by atoms with E-state index in [-0.39, 0.29) is 12.0 Å². The molecule has 5 heteroatoms. The number of halogens is 1. The van der Waals surface area contributed by atoms with Crippen LogP contribution < -0.4 is 0 Å². The van der Waals surface area contributed by atoms with Gasteiger partial charge in [-0.2, -0.15) is 0 Å². The molecule has 0 saturated carbocycles. The van der Waals surface area contributed by atoms with E-state index in [1.807, 2.05) is 24.3 Å². The van der Waals surface area contributed by atoms with Crippen LogP contribution in [0, 0.1) is 0 Å². The molecule has 18 heavy (non-hydrogen) atoms. The standard InChI is InChI=1S/C13H13BrO4/c1-8(9-3-5-10(14)6-4-9)11(7-12(15)16)13(17)18-2/h3-6H,7H2,1-2H3,(H,15,16)/b11-8+. The van der Waals surface area contributed by atoms with Crippen molar-refractivity contribution in [2.45, 2.75) is 13.3 Å². The van der Waals surface area contributed by atoms with Gasteiger partial charge in [-0.25, -0.2) is 4.79 Å². The summed E-state index contributed by atoms with van der Waals surface area (Å²) in [6.07, 6.45) is -0.353. The second-order valence-electron chi connectivity index (χ2n) is 3.67. The fourth-order valence-electron chi connectivity index (χ4n) is 1.51. The average molecular weight is 313 g/mol. The van der Waals surface area contributed by atoms with Crippen LogP contribution in [0.15, 0.2) is 34.3 Å². The van der Waals surface area contributed by atoms with E-state index >= 15 is 0 Å². The number of benzene rings is 1. The van der Waals surface area contributed by atoms with Crippen molar-refractivity contribution in [2.24, 2.45) is 0 Å². The zero-order chi connectivity index (χ0) is 13.7. The predicted octanol–water partition coefficient (Wildman–Crippen LogP) is 2.87. The summed E-state index contributed by atoms with van der Waals surface area (Å²) in [5.74, 6) is -1.68. The number of methoxy groups -OCH3 is 1. The number of carboxylic acid groups (broad SMARTS) is 1. The maximum atomic E-state index is 11.6. The number of hydrogen-bond acceptors (Lipinski definition) is 3. The summed E-state index contributed by atoms with van der Waals surface area (Å²) in [6.45, 7) is 1.71. The van der Waals surface area contributed by atoms with Gasteiger partial charge in [0.2, 0.25) is 0 Å². The molecule has 1 aromatic rings. The predicted molar refractivity (Wildman–Crippen MR) is 71.0 cm³/mol. The van der Waals surface area contributed by atoms with Gasteiger partial charge < -0.3 is 9.84 Å². The zero-order valence-corrected chi connectivity index (χ0v) is 11.7. The van der Waals surface area contributed by atoms with E-state index in [4.69, 9.17) is 5.11 Å². The van der Waals surface area contributed by atoms with Gasteiger partial charge in [0.1, 0.15) is 0 Å². The monoisotopic (exact) mass is 312 g/mol. The van der Waals surface area contributed by atoms with Crippen LogP contribution in [0.3, 0.4) is 0 Å². The van der Waals surface area contributed by atoms with Crippen molar-refractivity contribution >= 4 is 33.4 Å². The molecule has 0 spiro atoms. The van der Waals surface area contributed by atoms with Crippen LogP contribution in [0.25, 0.3) is 5.57 Å². The Hall–Kier alpha value is -1.62. The molecule has 0 unspecified atom stereocenters. The highest BCUT2D eigenvalue weighted by Gasteiger charge is 2.17. The van der Waals surface area contributed by atoms with Crippen LogP contribution in [0.1, 0.15) is 18.9 Å². The Labute approximate surface area is 113 Å². The number of carbonyl (C=O) groups is 2.